The Balaban J connectivity index is 2.33. The van der Waals surface area contributed by atoms with E-state index in [1.165, 1.54) is 12.3 Å². The zero-order valence-electron chi connectivity index (χ0n) is 11.6. The quantitative estimate of drug-likeness (QED) is 0.663. The highest BCUT2D eigenvalue weighted by molar-refractivity contribution is 6.30. The molecule has 0 radical (unpaired) electrons. The van der Waals surface area contributed by atoms with Gasteiger partial charge in [-0.15, -0.1) is 0 Å². The molecule has 0 saturated carbocycles. The van der Waals surface area contributed by atoms with Gasteiger partial charge < -0.3 is 10.0 Å². The van der Waals surface area contributed by atoms with Crippen LogP contribution in [-0.4, -0.2) is 34.1 Å². The number of hydrogen-bond acceptors (Lipinski definition) is 5. The number of pyridine rings is 1. The van der Waals surface area contributed by atoms with Gasteiger partial charge in [-0.1, -0.05) is 24.9 Å². The normalized spacial score (nSPS) is 21.5. The van der Waals surface area contributed by atoms with Gasteiger partial charge in [0.2, 0.25) is 5.82 Å². The third-order valence-corrected chi connectivity index (χ3v) is 4.05. The van der Waals surface area contributed by atoms with Crippen molar-refractivity contribution in [3.63, 3.8) is 0 Å². The summed E-state index contributed by atoms with van der Waals surface area (Å²) in [4.78, 5) is 27.8. The minimum atomic E-state index is -0.858. The summed E-state index contributed by atoms with van der Waals surface area (Å²) in [6, 6.07) is 1.24. The molecular formula is C13H16ClN3O4. The minimum absolute atomic E-state index is 0.183. The van der Waals surface area contributed by atoms with Crippen molar-refractivity contribution >= 4 is 29.1 Å². The minimum Gasteiger partial charge on any atom is -0.481 e. The second-order valence-electron chi connectivity index (χ2n) is 5.26. The average Bonchev–Trinajstić information content (AvgIpc) is 2.84. The topological polar surface area (TPSA) is 96.6 Å². The lowest BCUT2D eigenvalue weighted by atomic mass is 9.83. The lowest BCUT2D eigenvalue weighted by Gasteiger charge is -2.24. The third-order valence-electron chi connectivity index (χ3n) is 3.85. The van der Waals surface area contributed by atoms with Gasteiger partial charge in [0.05, 0.1) is 15.4 Å². The monoisotopic (exact) mass is 313 g/mol. The molecule has 0 bridgehead atoms. The molecule has 1 N–H and O–H groups in total. The van der Waals surface area contributed by atoms with E-state index in [4.69, 9.17) is 11.6 Å². The number of nitrogens with zero attached hydrogens (tertiary/aromatic N) is 3. The van der Waals surface area contributed by atoms with Crippen LogP contribution in [0.25, 0.3) is 0 Å². The van der Waals surface area contributed by atoms with Gasteiger partial charge in [0.25, 0.3) is 0 Å². The van der Waals surface area contributed by atoms with Crippen molar-refractivity contribution in [2.24, 2.45) is 5.41 Å². The molecule has 7 nitrogen and oxygen atoms in total. The van der Waals surface area contributed by atoms with E-state index >= 15 is 0 Å². The Hall–Kier alpha value is -1.89. The van der Waals surface area contributed by atoms with Crippen LogP contribution in [0.3, 0.4) is 0 Å². The highest BCUT2D eigenvalue weighted by Gasteiger charge is 2.45. The van der Waals surface area contributed by atoms with E-state index in [1.54, 1.807) is 4.90 Å². The van der Waals surface area contributed by atoms with Gasteiger partial charge in [-0.05, 0) is 12.8 Å². The molecule has 1 saturated heterocycles. The number of halogens is 1. The van der Waals surface area contributed by atoms with Gasteiger partial charge in [-0.25, -0.2) is 4.98 Å². The highest BCUT2D eigenvalue weighted by Crippen LogP contribution is 2.40. The van der Waals surface area contributed by atoms with E-state index in [-0.39, 0.29) is 23.1 Å². The number of aromatic nitrogens is 1. The first-order chi connectivity index (χ1) is 9.89. The van der Waals surface area contributed by atoms with Crippen LogP contribution in [0, 0.1) is 15.5 Å². The summed E-state index contributed by atoms with van der Waals surface area (Å²) in [5.41, 5.74) is -1.05. The number of carboxylic acids is 1. The van der Waals surface area contributed by atoms with Gasteiger partial charge in [-0.2, -0.15) is 0 Å². The van der Waals surface area contributed by atoms with E-state index in [0.717, 1.165) is 6.42 Å². The van der Waals surface area contributed by atoms with Crippen LogP contribution in [0.5, 0.6) is 0 Å². The molecule has 1 atom stereocenters. The summed E-state index contributed by atoms with van der Waals surface area (Å²) in [6.07, 6.45) is 3.08. The molecule has 21 heavy (non-hydrogen) atoms. The molecule has 2 rings (SSSR count). The second-order valence-corrected chi connectivity index (χ2v) is 5.70. The molecule has 0 aliphatic carbocycles. The van der Waals surface area contributed by atoms with Gasteiger partial charge in [0.1, 0.15) is 0 Å². The maximum Gasteiger partial charge on any atom is 0.313 e. The molecule has 0 spiro atoms. The summed E-state index contributed by atoms with van der Waals surface area (Å²) >= 11 is 5.74. The number of aliphatic carboxylic acids is 1. The van der Waals surface area contributed by atoms with Crippen molar-refractivity contribution in [3.05, 3.63) is 27.4 Å². The Morgan fingerprint density at radius 3 is 2.95 bits per heavy atom. The summed E-state index contributed by atoms with van der Waals surface area (Å²) in [5, 5.41) is 20.8. The van der Waals surface area contributed by atoms with Crippen LogP contribution < -0.4 is 4.90 Å². The van der Waals surface area contributed by atoms with Crippen LogP contribution in [0.2, 0.25) is 5.02 Å². The molecule has 0 amide bonds. The highest BCUT2D eigenvalue weighted by atomic mass is 35.5. The van der Waals surface area contributed by atoms with Crippen molar-refractivity contribution in [2.75, 3.05) is 18.0 Å². The lowest BCUT2D eigenvalue weighted by Crippen LogP contribution is -2.35. The molecule has 114 valence electrons. The van der Waals surface area contributed by atoms with Crippen molar-refractivity contribution in [1.29, 1.82) is 0 Å². The number of nitro groups is 1. The second kappa shape index (κ2) is 5.85. The fraction of sp³-hybridized carbons (Fsp3) is 0.538. The molecule has 1 aliphatic rings. The average molecular weight is 314 g/mol. The molecule has 1 aromatic rings. The molecule has 0 aromatic carbocycles. The Labute approximate surface area is 126 Å². The van der Waals surface area contributed by atoms with E-state index < -0.39 is 16.3 Å². The zero-order valence-corrected chi connectivity index (χ0v) is 12.3. The summed E-state index contributed by atoms with van der Waals surface area (Å²) < 4.78 is 0. The Morgan fingerprint density at radius 2 is 2.38 bits per heavy atom. The maximum absolute atomic E-state index is 11.6. The predicted molar refractivity (Wildman–Crippen MR) is 77.7 cm³/mol. The van der Waals surface area contributed by atoms with Crippen LogP contribution in [-0.2, 0) is 4.79 Å². The van der Waals surface area contributed by atoms with Crippen molar-refractivity contribution in [3.8, 4) is 0 Å². The van der Waals surface area contributed by atoms with Crippen LogP contribution in [0.15, 0.2) is 12.3 Å². The van der Waals surface area contributed by atoms with Gasteiger partial charge in [-0.3, -0.25) is 14.9 Å². The predicted octanol–water partition coefficient (Wildman–Crippen LogP) is 2.72. The standard InChI is InChI=1S/C13H16ClN3O4/c1-2-3-13(12(18)19)4-5-16(8-13)11-10(17(20)21)6-9(14)7-15-11/h6-7H,2-5,8H2,1H3,(H,18,19). The fourth-order valence-electron chi connectivity index (χ4n) is 2.82. The first-order valence-corrected chi connectivity index (χ1v) is 7.06. The van der Waals surface area contributed by atoms with Crippen molar-refractivity contribution in [1.82, 2.24) is 4.98 Å². The first-order valence-electron chi connectivity index (χ1n) is 6.68. The van der Waals surface area contributed by atoms with E-state index in [0.29, 0.717) is 19.4 Å². The number of carboxylic acid groups (broad SMARTS) is 1. The molecule has 1 fully saturated rings. The molecule has 8 heteroatoms. The van der Waals surface area contributed by atoms with Crippen molar-refractivity contribution < 1.29 is 14.8 Å². The SMILES string of the molecule is CCCC1(C(=O)O)CCN(c2ncc(Cl)cc2[N+](=O)[O-])C1. The fourth-order valence-corrected chi connectivity index (χ4v) is 2.97. The van der Waals surface area contributed by atoms with E-state index in [9.17, 15) is 20.0 Å². The number of carbonyl (C=O) groups is 1. The molecule has 2 heterocycles. The molecule has 1 aromatic heterocycles. The summed E-state index contributed by atoms with van der Waals surface area (Å²) in [6.45, 7) is 2.59. The lowest BCUT2D eigenvalue weighted by molar-refractivity contribution is -0.384. The Morgan fingerprint density at radius 1 is 1.67 bits per heavy atom. The van der Waals surface area contributed by atoms with E-state index in [1.807, 2.05) is 6.92 Å². The smallest absolute Gasteiger partial charge is 0.313 e. The maximum atomic E-state index is 11.6. The largest absolute Gasteiger partial charge is 0.481 e. The van der Waals surface area contributed by atoms with Crippen LogP contribution in [0.1, 0.15) is 26.2 Å². The third kappa shape index (κ3) is 2.92. The van der Waals surface area contributed by atoms with Gasteiger partial charge in [0, 0.05) is 25.4 Å². The summed E-state index contributed by atoms with van der Waals surface area (Å²) in [7, 11) is 0. The van der Waals surface area contributed by atoms with Gasteiger partial charge >= 0.3 is 11.7 Å². The Kier molecular flexibility index (Phi) is 4.32. The molecule has 1 unspecified atom stereocenters. The summed E-state index contributed by atoms with van der Waals surface area (Å²) in [5.74, 6) is -0.674. The Bertz CT molecular complexity index is 581. The van der Waals surface area contributed by atoms with E-state index in [2.05, 4.69) is 4.98 Å². The number of anilines is 1. The van der Waals surface area contributed by atoms with Crippen LogP contribution in [0.4, 0.5) is 11.5 Å². The molecule has 1 aliphatic heterocycles. The van der Waals surface area contributed by atoms with Gasteiger partial charge in [0.15, 0.2) is 0 Å². The zero-order chi connectivity index (χ0) is 15.6. The number of rotatable bonds is 5. The van der Waals surface area contributed by atoms with Crippen molar-refractivity contribution in [2.45, 2.75) is 26.2 Å². The van der Waals surface area contributed by atoms with Crippen LogP contribution >= 0.6 is 11.6 Å². The number of hydrogen-bond donors (Lipinski definition) is 1. The molecular weight excluding hydrogens is 298 g/mol. The first kappa shape index (κ1) is 15.5.